The molecule has 0 unspecified atom stereocenters. The summed E-state index contributed by atoms with van der Waals surface area (Å²) in [5, 5.41) is 5.63. The Morgan fingerprint density at radius 3 is 2.19 bits per heavy atom. The van der Waals surface area contributed by atoms with Gasteiger partial charge in [-0.2, -0.15) is 0 Å². The molecule has 0 saturated carbocycles. The molecular formula is C22H29N3O2. The molecule has 0 bridgehead atoms. The van der Waals surface area contributed by atoms with Gasteiger partial charge in [-0.1, -0.05) is 46.8 Å². The lowest BCUT2D eigenvalue weighted by molar-refractivity contribution is -0.118. The van der Waals surface area contributed by atoms with Crippen LogP contribution < -0.4 is 10.6 Å². The van der Waals surface area contributed by atoms with E-state index >= 15 is 0 Å². The van der Waals surface area contributed by atoms with Crippen LogP contribution in [-0.4, -0.2) is 22.8 Å². The van der Waals surface area contributed by atoms with E-state index in [0.29, 0.717) is 11.4 Å². The maximum absolute atomic E-state index is 12.7. The molecule has 0 radical (unpaired) electrons. The number of pyridine rings is 1. The van der Waals surface area contributed by atoms with E-state index in [2.05, 4.69) is 36.4 Å². The van der Waals surface area contributed by atoms with Crippen molar-refractivity contribution in [1.82, 2.24) is 10.3 Å². The highest BCUT2D eigenvalue weighted by Gasteiger charge is 2.25. The van der Waals surface area contributed by atoms with Gasteiger partial charge in [-0.15, -0.1) is 0 Å². The summed E-state index contributed by atoms with van der Waals surface area (Å²) >= 11 is 0. The number of aryl methyl sites for hydroxylation is 1. The van der Waals surface area contributed by atoms with Gasteiger partial charge in [0.25, 0.3) is 5.91 Å². The summed E-state index contributed by atoms with van der Waals surface area (Å²) in [6, 6.07) is 10.5. The van der Waals surface area contributed by atoms with Crippen LogP contribution in [0.2, 0.25) is 0 Å². The fraction of sp³-hybridized carbons (Fsp3) is 0.409. The van der Waals surface area contributed by atoms with Crippen LogP contribution >= 0.6 is 0 Å². The highest BCUT2D eigenvalue weighted by Crippen LogP contribution is 2.22. The van der Waals surface area contributed by atoms with E-state index in [0.717, 1.165) is 11.1 Å². The van der Waals surface area contributed by atoms with Gasteiger partial charge < -0.3 is 10.6 Å². The zero-order valence-electron chi connectivity index (χ0n) is 17.0. The maximum atomic E-state index is 12.7. The summed E-state index contributed by atoms with van der Waals surface area (Å²) in [5.74, 6) is -0.119. The fourth-order valence-corrected chi connectivity index (χ4v) is 2.69. The molecule has 0 aliphatic heterocycles. The summed E-state index contributed by atoms with van der Waals surface area (Å²) in [5.41, 5.74) is 2.72. The lowest BCUT2D eigenvalue weighted by Gasteiger charge is -2.22. The van der Waals surface area contributed by atoms with Crippen molar-refractivity contribution >= 4 is 17.6 Å². The van der Waals surface area contributed by atoms with Crippen LogP contribution in [0.1, 0.15) is 56.1 Å². The molecule has 27 heavy (non-hydrogen) atoms. The molecule has 1 aromatic carbocycles. The topological polar surface area (TPSA) is 71.1 Å². The average molecular weight is 367 g/mol. The van der Waals surface area contributed by atoms with E-state index < -0.39 is 6.04 Å². The third kappa shape index (κ3) is 5.64. The second-order valence-corrected chi connectivity index (χ2v) is 8.23. The third-order valence-electron chi connectivity index (χ3n) is 4.42. The lowest BCUT2D eigenvalue weighted by atomic mass is 9.86. The highest BCUT2D eigenvalue weighted by atomic mass is 16.2. The summed E-state index contributed by atoms with van der Waals surface area (Å²) in [6.45, 7) is 12.1. The van der Waals surface area contributed by atoms with Crippen LogP contribution in [0.25, 0.3) is 0 Å². The minimum absolute atomic E-state index is 0.0240. The molecule has 0 aliphatic carbocycles. The molecule has 1 heterocycles. The van der Waals surface area contributed by atoms with Crippen LogP contribution in [0.5, 0.6) is 0 Å². The third-order valence-corrected chi connectivity index (χ3v) is 4.42. The summed E-state index contributed by atoms with van der Waals surface area (Å²) in [6.07, 6.45) is 1.64. The van der Waals surface area contributed by atoms with Gasteiger partial charge in [0.05, 0.1) is 0 Å². The molecule has 0 saturated heterocycles. The molecule has 5 heteroatoms. The monoisotopic (exact) mass is 367 g/mol. The van der Waals surface area contributed by atoms with Crippen molar-refractivity contribution in [3.8, 4) is 0 Å². The SMILES string of the molecule is Cc1ccnc(NC(=O)[C@H](NC(=O)c2ccc(C(C)(C)C)cc2)C(C)C)c1. The average Bonchev–Trinajstić information content (AvgIpc) is 2.58. The van der Waals surface area contributed by atoms with Crippen molar-refractivity contribution in [3.63, 3.8) is 0 Å². The van der Waals surface area contributed by atoms with Crippen molar-refractivity contribution in [3.05, 3.63) is 59.3 Å². The molecule has 2 aromatic rings. The summed E-state index contributed by atoms with van der Waals surface area (Å²) in [4.78, 5) is 29.4. The molecular weight excluding hydrogens is 338 g/mol. The Hall–Kier alpha value is -2.69. The van der Waals surface area contributed by atoms with E-state index in [4.69, 9.17) is 0 Å². The number of nitrogens with zero attached hydrogens (tertiary/aromatic N) is 1. The van der Waals surface area contributed by atoms with Crippen LogP contribution in [0.4, 0.5) is 5.82 Å². The fourth-order valence-electron chi connectivity index (χ4n) is 2.69. The van der Waals surface area contributed by atoms with Crippen LogP contribution in [0.3, 0.4) is 0 Å². The van der Waals surface area contributed by atoms with E-state index in [9.17, 15) is 9.59 Å². The Bertz CT molecular complexity index is 805. The number of hydrogen-bond acceptors (Lipinski definition) is 3. The zero-order valence-corrected chi connectivity index (χ0v) is 17.0. The molecule has 2 rings (SSSR count). The minimum Gasteiger partial charge on any atom is -0.340 e. The number of amides is 2. The van der Waals surface area contributed by atoms with Crippen molar-refractivity contribution in [2.24, 2.45) is 5.92 Å². The van der Waals surface area contributed by atoms with Crippen molar-refractivity contribution < 1.29 is 9.59 Å². The second-order valence-electron chi connectivity index (χ2n) is 8.23. The number of carbonyl (C=O) groups excluding carboxylic acids is 2. The number of aromatic nitrogens is 1. The largest absolute Gasteiger partial charge is 0.340 e. The molecule has 144 valence electrons. The van der Waals surface area contributed by atoms with E-state index in [1.807, 2.05) is 39.0 Å². The number of rotatable bonds is 5. The number of hydrogen-bond donors (Lipinski definition) is 2. The van der Waals surface area contributed by atoms with Gasteiger partial charge in [-0.3, -0.25) is 9.59 Å². The van der Waals surface area contributed by atoms with Gasteiger partial charge in [0, 0.05) is 11.8 Å². The normalized spacial score (nSPS) is 12.6. The first kappa shape index (κ1) is 20.6. The van der Waals surface area contributed by atoms with Gasteiger partial charge in [-0.25, -0.2) is 4.98 Å². The Kier molecular flexibility index (Phi) is 6.37. The Morgan fingerprint density at radius 1 is 1.04 bits per heavy atom. The molecule has 0 fully saturated rings. The number of carbonyl (C=O) groups is 2. The quantitative estimate of drug-likeness (QED) is 0.836. The first-order valence-electron chi connectivity index (χ1n) is 9.23. The van der Waals surface area contributed by atoms with Gasteiger partial charge in [0.2, 0.25) is 5.91 Å². The Balaban J connectivity index is 2.10. The summed E-state index contributed by atoms with van der Waals surface area (Å²) < 4.78 is 0. The number of anilines is 1. The Labute approximate surface area is 161 Å². The standard InChI is InChI=1S/C22H29N3O2/c1-14(2)19(21(27)24-18-13-15(3)11-12-23-18)25-20(26)16-7-9-17(10-8-16)22(4,5)6/h7-14,19H,1-6H3,(H,25,26)(H,23,24,27)/t19-/m1/s1. The van der Waals surface area contributed by atoms with Crippen molar-refractivity contribution in [2.45, 2.75) is 53.0 Å². The zero-order chi connectivity index (χ0) is 20.2. The smallest absolute Gasteiger partial charge is 0.251 e. The van der Waals surface area contributed by atoms with Crippen LogP contribution in [0.15, 0.2) is 42.6 Å². The van der Waals surface area contributed by atoms with Gasteiger partial charge in [-0.05, 0) is 53.6 Å². The molecule has 0 aliphatic rings. The van der Waals surface area contributed by atoms with Crippen LogP contribution in [-0.2, 0) is 10.2 Å². The minimum atomic E-state index is -0.651. The Morgan fingerprint density at radius 2 is 1.67 bits per heavy atom. The molecule has 1 aromatic heterocycles. The molecule has 0 spiro atoms. The summed E-state index contributed by atoms with van der Waals surface area (Å²) in [7, 11) is 0. The lowest BCUT2D eigenvalue weighted by Crippen LogP contribution is -2.47. The predicted octanol–water partition coefficient (Wildman–Crippen LogP) is 4.08. The molecule has 1 atom stereocenters. The van der Waals surface area contributed by atoms with E-state index in [1.54, 1.807) is 24.4 Å². The van der Waals surface area contributed by atoms with Gasteiger partial charge >= 0.3 is 0 Å². The number of benzene rings is 1. The second kappa shape index (κ2) is 8.33. The maximum Gasteiger partial charge on any atom is 0.251 e. The van der Waals surface area contributed by atoms with Gasteiger partial charge in [0.15, 0.2) is 0 Å². The van der Waals surface area contributed by atoms with Gasteiger partial charge in [0.1, 0.15) is 11.9 Å². The first-order valence-corrected chi connectivity index (χ1v) is 9.23. The number of nitrogens with one attached hydrogen (secondary N) is 2. The highest BCUT2D eigenvalue weighted by molar-refractivity contribution is 6.01. The van der Waals surface area contributed by atoms with Crippen LogP contribution in [0, 0.1) is 12.8 Å². The van der Waals surface area contributed by atoms with Crippen molar-refractivity contribution in [1.29, 1.82) is 0 Å². The first-order chi connectivity index (χ1) is 12.6. The predicted molar refractivity (Wildman–Crippen MR) is 109 cm³/mol. The molecule has 5 nitrogen and oxygen atoms in total. The molecule has 2 amide bonds. The van der Waals surface area contributed by atoms with E-state index in [1.165, 1.54) is 0 Å². The van der Waals surface area contributed by atoms with E-state index in [-0.39, 0.29) is 23.1 Å². The molecule has 2 N–H and O–H groups in total. The van der Waals surface area contributed by atoms with Crippen molar-refractivity contribution in [2.75, 3.05) is 5.32 Å².